The highest BCUT2D eigenvalue weighted by Gasteiger charge is 2.45. The van der Waals surface area contributed by atoms with Gasteiger partial charge in [0.15, 0.2) is 0 Å². The molecular formula is C12H15FN2O. The second-order valence-corrected chi connectivity index (χ2v) is 4.67. The van der Waals surface area contributed by atoms with Gasteiger partial charge >= 0.3 is 0 Å². The zero-order chi connectivity index (χ0) is 11.0. The van der Waals surface area contributed by atoms with Crippen LogP contribution in [0, 0.1) is 0 Å². The van der Waals surface area contributed by atoms with Crippen LogP contribution in [0.1, 0.15) is 12.8 Å². The summed E-state index contributed by atoms with van der Waals surface area (Å²) in [4.78, 5) is 6.04. The van der Waals surface area contributed by atoms with Crippen molar-refractivity contribution in [3.63, 3.8) is 0 Å². The molecule has 1 aromatic heterocycles. The molecule has 0 aromatic carbocycles. The summed E-state index contributed by atoms with van der Waals surface area (Å²) >= 11 is 0. The Hall–Kier alpha value is -1.16. The molecule has 2 aliphatic heterocycles. The third kappa shape index (κ3) is 1.67. The smallest absolute Gasteiger partial charge is 0.120 e. The molecule has 0 N–H and O–H groups in total. The fourth-order valence-electron chi connectivity index (χ4n) is 2.61. The highest BCUT2D eigenvalue weighted by atomic mass is 19.1. The van der Waals surface area contributed by atoms with Crippen LogP contribution in [0.15, 0.2) is 24.5 Å². The number of alkyl halides is 1. The molecule has 0 saturated carbocycles. The van der Waals surface area contributed by atoms with E-state index in [1.54, 1.807) is 12.4 Å². The Labute approximate surface area is 94.2 Å². The number of nitrogens with zero attached hydrogens (tertiary/aromatic N) is 2. The molecule has 3 rings (SSSR count). The lowest BCUT2D eigenvalue weighted by molar-refractivity contribution is -0.160. The Balaban J connectivity index is 1.80. The molecular weight excluding hydrogens is 207 g/mol. The molecule has 1 spiro atoms. The first-order valence-corrected chi connectivity index (χ1v) is 5.70. The van der Waals surface area contributed by atoms with Crippen LogP contribution < -0.4 is 4.90 Å². The van der Waals surface area contributed by atoms with Crippen molar-refractivity contribution in [2.24, 2.45) is 0 Å². The van der Waals surface area contributed by atoms with E-state index in [1.165, 1.54) is 0 Å². The van der Waals surface area contributed by atoms with Crippen LogP contribution in [0.25, 0.3) is 0 Å². The van der Waals surface area contributed by atoms with Gasteiger partial charge in [0.25, 0.3) is 0 Å². The molecule has 0 radical (unpaired) electrons. The van der Waals surface area contributed by atoms with E-state index >= 15 is 0 Å². The lowest BCUT2D eigenvalue weighted by Gasteiger charge is -2.50. The van der Waals surface area contributed by atoms with Gasteiger partial charge in [-0.15, -0.1) is 0 Å². The molecule has 0 aliphatic carbocycles. The Morgan fingerprint density at radius 1 is 1.44 bits per heavy atom. The van der Waals surface area contributed by atoms with Crippen LogP contribution in [0.2, 0.25) is 0 Å². The van der Waals surface area contributed by atoms with E-state index in [2.05, 4.69) is 9.88 Å². The molecule has 2 aliphatic rings. The van der Waals surface area contributed by atoms with Crippen molar-refractivity contribution in [1.29, 1.82) is 0 Å². The zero-order valence-corrected chi connectivity index (χ0v) is 9.10. The molecule has 3 heterocycles. The predicted molar refractivity (Wildman–Crippen MR) is 59.3 cm³/mol. The molecule has 2 fully saturated rings. The van der Waals surface area contributed by atoms with Crippen molar-refractivity contribution in [3.05, 3.63) is 24.5 Å². The number of anilines is 1. The van der Waals surface area contributed by atoms with Gasteiger partial charge in [-0.1, -0.05) is 0 Å². The van der Waals surface area contributed by atoms with Gasteiger partial charge in [0, 0.05) is 44.0 Å². The van der Waals surface area contributed by atoms with E-state index < -0.39 is 6.17 Å². The van der Waals surface area contributed by atoms with Gasteiger partial charge in [0.2, 0.25) is 0 Å². The van der Waals surface area contributed by atoms with Crippen molar-refractivity contribution in [2.45, 2.75) is 24.6 Å². The zero-order valence-electron chi connectivity index (χ0n) is 9.10. The molecule has 2 atom stereocenters. The summed E-state index contributed by atoms with van der Waals surface area (Å²) in [6, 6.07) is 3.84. The minimum atomic E-state index is -0.790. The molecule has 2 saturated heterocycles. The summed E-state index contributed by atoms with van der Waals surface area (Å²) in [6.45, 7) is 2.05. The summed E-state index contributed by atoms with van der Waals surface area (Å²) in [5.74, 6) is 0. The average Bonchev–Trinajstić information content (AvgIpc) is 2.27. The molecule has 3 nitrogen and oxygen atoms in total. The van der Waals surface area contributed by atoms with Crippen molar-refractivity contribution in [1.82, 2.24) is 4.98 Å². The van der Waals surface area contributed by atoms with Gasteiger partial charge in [-0.3, -0.25) is 4.98 Å². The van der Waals surface area contributed by atoms with Crippen LogP contribution in [0.4, 0.5) is 10.1 Å². The third-order valence-electron chi connectivity index (χ3n) is 3.48. The maximum Gasteiger partial charge on any atom is 0.120 e. The number of hydrogen-bond donors (Lipinski definition) is 0. The summed E-state index contributed by atoms with van der Waals surface area (Å²) in [7, 11) is 0. The van der Waals surface area contributed by atoms with Gasteiger partial charge in [-0.25, -0.2) is 4.39 Å². The van der Waals surface area contributed by atoms with E-state index in [0.29, 0.717) is 13.0 Å². The van der Waals surface area contributed by atoms with E-state index in [0.717, 1.165) is 25.3 Å². The van der Waals surface area contributed by atoms with Crippen molar-refractivity contribution in [2.75, 3.05) is 24.6 Å². The lowest BCUT2D eigenvalue weighted by Crippen LogP contribution is -2.59. The highest BCUT2D eigenvalue weighted by Crippen LogP contribution is 2.37. The largest absolute Gasteiger partial charge is 0.373 e. The van der Waals surface area contributed by atoms with Crippen LogP contribution in [0.5, 0.6) is 0 Å². The first-order chi connectivity index (χ1) is 7.77. The topological polar surface area (TPSA) is 25.4 Å². The quantitative estimate of drug-likeness (QED) is 0.724. The van der Waals surface area contributed by atoms with Crippen LogP contribution in [-0.2, 0) is 4.74 Å². The molecule has 16 heavy (non-hydrogen) atoms. The Bertz CT molecular complexity index is 367. The average molecular weight is 222 g/mol. The Morgan fingerprint density at radius 3 is 2.81 bits per heavy atom. The molecule has 1 aromatic rings. The molecule has 0 bridgehead atoms. The van der Waals surface area contributed by atoms with E-state index in [9.17, 15) is 4.39 Å². The van der Waals surface area contributed by atoms with Gasteiger partial charge in [0.1, 0.15) is 6.17 Å². The van der Waals surface area contributed by atoms with Crippen molar-refractivity contribution < 1.29 is 9.13 Å². The van der Waals surface area contributed by atoms with Crippen LogP contribution in [0.3, 0.4) is 0 Å². The second-order valence-electron chi connectivity index (χ2n) is 4.67. The fourth-order valence-corrected chi connectivity index (χ4v) is 2.61. The van der Waals surface area contributed by atoms with E-state index in [-0.39, 0.29) is 5.60 Å². The molecule has 0 amide bonds. The second kappa shape index (κ2) is 3.70. The number of ether oxygens (including phenoxy) is 1. The van der Waals surface area contributed by atoms with Crippen molar-refractivity contribution >= 4 is 5.69 Å². The number of halogens is 1. The van der Waals surface area contributed by atoms with E-state index in [1.807, 2.05) is 12.1 Å². The summed E-state index contributed by atoms with van der Waals surface area (Å²) < 4.78 is 19.3. The Kier molecular flexibility index (Phi) is 2.32. The van der Waals surface area contributed by atoms with Crippen LogP contribution >= 0.6 is 0 Å². The van der Waals surface area contributed by atoms with E-state index in [4.69, 9.17) is 4.74 Å². The number of piperidine rings is 1. The van der Waals surface area contributed by atoms with Gasteiger partial charge in [-0.2, -0.15) is 0 Å². The lowest BCUT2D eigenvalue weighted by atomic mass is 9.85. The molecule has 4 heteroatoms. The van der Waals surface area contributed by atoms with Crippen LogP contribution in [-0.4, -0.2) is 36.5 Å². The normalized spacial score (nSPS) is 33.8. The third-order valence-corrected chi connectivity index (χ3v) is 3.48. The monoisotopic (exact) mass is 222 g/mol. The highest BCUT2D eigenvalue weighted by molar-refractivity contribution is 5.46. The summed E-state index contributed by atoms with van der Waals surface area (Å²) in [5, 5.41) is 0. The molecule has 86 valence electrons. The maximum absolute atomic E-state index is 13.7. The van der Waals surface area contributed by atoms with Gasteiger partial charge < -0.3 is 9.64 Å². The number of rotatable bonds is 1. The van der Waals surface area contributed by atoms with Crippen molar-refractivity contribution in [3.8, 4) is 0 Å². The number of hydrogen-bond acceptors (Lipinski definition) is 3. The SMILES string of the molecule is FC1CN(c2ccncc2)C[C@]2(CCO2)C1. The Morgan fingerprint density at radius 2 is 2.19 bits per heavy atom. The number of pyridine rings is 1. The standard InChI is InChI=1S/C12H15FN2O/c13-10-7-12(3-6-16-12)9-15(8-10)11-1-4-14-5-2-11/h1-2,4-5,10H,3,6-9H2/t10?,12-/m0/s1. The van der Waals surface area contributed by atoms with Gasteiger partial charge in [-0.05, 0) is 12.1 Å². The first kappa shape index (κ1) is 10.0. The summed E-state index contributed by atoms with van der Waals surface area (Å²) in [6.07, 6.45) is 4.22. The first-order valence-electron chi connectivity index (χ1n) is 5.70. The number of aromatic nitrogens is 1. The maximum atomic E-state index is 13.7. The predicted octanol–water partition coefficient (Wildman–Crippen LogP) is 1.79. The fraction of sp³-hybridized carbons (Fsp3) is 0.583. The summed E-state index contributed by atoms with van der Waals surface area (Å²) in [5.41, 5.74) is 0.813. The molecule has 1 unspecified atom stereocenters. The van der Waals surface area contributed by atoms with Gasteiger partial charge in [0.05, 0.1) is 12.2 Å². The minimum absolute atomic E-state index is 0.221. The minimum Gasteiger partial charge on any atom is -0.373 e.